The number of ether oxygens (including phenoxy) is 1. The maximum atomic E-state index is 11.6. The van der Waals surface area contributed by atoms with Gasteiger partial charge in [-0.15, -0.1) is 11.3 Å². The normalized spacial score (nSPS) is 11.9. The summed E-state index contributed by atoms with van der Waals surface area (Å²) in [6.45, 7) is 1.84. The lowest BCUT2D eigenvalue weighted by molar-refractivity contribution is -0.142. The highest BCUT2D eigenvalue weighted by Crippen LogP contribution is 2.08. The SMILES string of the molecule is COC(=O)[C@@H](C)NC(=O)c1csc(CN)n1. The lowest BCUT2D eigenvalue weighted by atomic mass is 10.3. The zero-order chi connectivity index (χ0) is 12.1. The van der Waals surface area contributed by atoms with Crippen LogP contribution in [0.1, 0.15) is 22.4 Å². The van der Waals surface area contributed by atoms with Gasteiger partial charge >= 0.3 is 5.97 Å². The standard InChI is InChI=1S/C9H13N3O3S/c1-5(9(14)15-2)11-8(13)6-4-16-7(3-10)12-6/h4-5H,3,10H2,1-2H3,(H,11,13)/t5-/m1/s1. The fourth-order valence-electron chi connectivity index (χ4n) is 1.02. The number of esters is 1. The van der Waals surface area contributed by atoms with E-state index in [2.05, 4.69) is 15.0 Å². The first-order valence-electron chi connectivity index (χ1n) is 4.61. The molecular weight excluding hydrogens is 230 g/mol. The fraction of sp³-hybridized carbons (Fsp3) is 0.444. The van der Waals surface area contributed by atoms with Gasteiger partial charge < -0.3 is 15.8 Å². The summed E-state index contributed by atoms with van der Waals surface area (Å²) in [5.74, 6) is -0.906. The van der Waals surface area contributed by atoms with E-state index in [9.17, 15) is 9.59 Å². The van der Waals surface area contributed by atoms with Crippen molar-refractivity contribution in [2.45, 2.75) is 19.5 Å². The fourth-order valence-corrected chi connectivity index (χ4v) is 1.67. The van der Waals surface area contributed by atoms with Crippen LogP contribution in [-0.2, 0) is 16.1 Å². The van der Waals surface area contributed by atoms with Crippen molar-refractivity contribution in [3.05, 3.63) is 16.1 Å². The first-order valence-corrected chi connectivity index (χ1v) is 5.49. The molecule has 1 heterocycles. The van der Waals surface area contributed by atoms with Crippen LogP contribution in [0.25, 0.3) is 0 Å². The van der Waals surface area contributed by atoms with Gasteiger partial charge in [0, 0.05) is 11.9 Å². The average Bonchev–Trinajstić information content (AvgIpc) is 2.76. The van der Waals surface area contributed by atoms with E-state index in [1.54, 1.807) is 12.3 Å². The topological polar surface area (TPSA) is 94.3 Å². The largest absolute Gasteiger partial charge is 0.467 e. The van der Waals surface area contributed by atoms with Crippen LogP contribution in [0.4, 0.5) is 0 Å². The van der Waals surface area contributed by atoms with Gasteiger partial charge in [0.15, 0.2) is 0 Å². The number of amides is 1. The lowest BCUT2D eigenvalue weighted by Crippen LogP contribution is -2.39. The van der Waals surface area contributed by atoms with Gasteiger partial charge in [-0.1, -0.05) is 0 Å². The van der Waals surface area contributed by atoms with Crippen molar-refractivity contribution in [3.8, 4) is 0 Å². The minimum atomic E-state index is -0.694. The molecule has 16 heavy (non-hydrogen) atoms. The highest BCUT2D eigenvalue weighted by atomic mass is 32.1. The molecule has 1 aromatic heterocycles. The van der Waals surface area contributed by atoms with Crippen molar-refractivity contribution in [2.75, 3.05) is 7.11 Å². The van der Waals surface area contributed by atoms with Gasteiger partial charge in [-0.2, -0.15) is 0 Å². The molecule has 7 heteroatoms. The van der Waals surface area contributed by atoms with E-state index in [0.29, 0.717) is 11.6 Å². The first-order chi connectivity index (χ1) is 7.58. The molecular formula is C9H13N3O3S. The van der Waals surface area contributed by atoms with Crippen LogP contribution < -0.4 is 11.1 Å². The quantitative estimate of drug-likeness (QED) is 0.720. The molecule has 0 aliphatic rings. The molecule has 1 amide bonds. The van der Waals surface area contributed by atoms with E-state index in [0.717, 1.165) is 0 Å². The summed E-state index contributed by atoms with van der Waals surface area (Å²) >= 11 is 1.31. The minimum Gasteiger partial charge on any atom is -0.467 e. The Morgan fingerprint density at radius 2 is 2.38 bits per heavy atom. The van der Waals surface area contributed by atoms with E-state index in [-0.39, 0.29) is 5.69 Å². The summed E-state index contributed by atoms with van der Waals surface area (Å²) in [4.78, 5) is 26.7. The van der Waals surface area contributed by atoms with Crippen molar-refractivity contribution < 1.29 is 14.3 Å². The van der Waals surface area contributed by atoms with Crippen LogP contribution >= 0.6 is 11.3 Å². The second kappa shape index (κ2) is 5.57. The number of hydrogen-bond acceptors (Lipinski definition) is 6. The second-order valence-electron chi connectivity index (χ2n) is 3.05. The third-order valence-corrected chi connectivity index (χ3v) is 2.73. The minimum absolute atomic E-state index is 0.265. The number of nitrogens with one attached hydrogen (secondary N) is 1. The smallest absolute Gasteiger partial charge is 0.328 e. The molecule has 1 atom stereocenters. The molecule has 3 N–H and O–H groups in total. The Hall–Kier alpha value is -1.47. The Labute approximate surface area is 96.8 Å². The van der Waals surface area contributed by atoms with Gasteiger partial charge in [0.1, 0.15) is 16.7 Å². The monoisotopic (exact) mass is 243 g/mol. The van der Waals surface area contributed by atoms with Crippen molar-refractivity contribution in [1.29, 1.82) is 0 Å². The summed E-state index contributed by atoms with van der Waals surface area (Å²) in [5.41, 5.74) is 5.64. The third-order valence-electron chi connectivity index (χ3n) is 1.86. The Bertz CT molecular complexity index is 391. The van der Waals surface area contributed by atoms with Crippen molar-refractivity contribution in [3.63, 3.8) is 0 Å². The highest BCUT2D eigenvalue weighted by Gasteiger charge is 2.18. The van der Waals surface area contributed by atoms with Crippen LogP contribution in [0.15, 0.2) is 5.38 Å². The van der Waals surface area contributed by atoms with Gasteiger partial charge in [-0.05, 0) is 6.92 Å². The molecule has 6 nitrogen and oxygen atoms in total. The summed E-state index contributed by atoms with van der Waals surface area (Å²) in [7, 11) is 1.26. The van der Waals surface area contributed by atoms with E-state index in [4.69, 9.17) is 5.73 Å². The van der Waals surface area contributed by atoms with Crippen LogP contribution in [0, 0.1) is 0 Å². The molecule has 1 aromatic rings. The number of carbonyl (C=O) groups is 2. The number of aromatic nitrogens is 1. The van der Waals surface area contributed by atoms with Gasteiger partial charge in [0.2, 0.25) is 0 Å². The van der Waals surface area contributed by atoms with Gasteiger partial charge in [-0.3, -0.25) is 4.79 Å². The van der Waals surface area contributed by atoms with E-state index >= 15 is 0 Å². The van der Waals surface area contributed by atoms with Gasteiger partial charge in [-0.25, -0.2) is 9.78 Å². The van der Waals surface area contributed by atoms with Crippen molar-refractivity contribution in [2.24, 2.45) is 5.73 Å². The Morgan fingerprint density at radius 3 is 2.88 bits per heavy atom. The molecule has 0 saturated carbocycles. The number of thiazole rings is 1. The molecule has 0 aliphatic heterocycles. The second-order valence-corrected chi connectivity index (χ2v) is 3.99. The van der Waals surface area contributed by atoms with Crippen molar-refractivity contribution in [1.82, 2.24) is 10.3 Å². The number of carbonyl (C=O) groups excluding carboxylic acids is 2. The van der Waals surface area contributed by atoms with E-state index < -0.39 is 17.9 Å². The molecule has 1 rings (SSSR count). The predicted molar refractivity (Wildman–Crippen MR) is 58.9 cm³/mol. The number of methoxy groups -OCH3 is 1. The molecule has 0 aromatic carbocycles. The summed E-state index contributed by atoms with van der Waals surface area (Å²) < 4.78 is 4.48. The number of nitrogens with two attached hydrogens (primary N) is 1. The molecule has 0 radical (unpaired) electrons. The number of nitrogens with zero attached hydrogens (tertiary/aromatic N) is 1. The Morgan fingerprint density at radius 1 is 1.69 bits per heavy atom. The van der Waals surface area contributed by atoms with Crippen molar-refractivity contribution >= 4 is 23.2 Å². The molecule has 0 aliphatic carbocycles. The zero-order valence-corrected chi connectivity index (χ0v) is 9.84. The molecule has 0 unspecified atom stereocenters. The molecule has 0 saturated heterocycles. The third kappa shape index (κ3) is 3.01. The maximum Gasteiger partial charge on any atom is 0.328 e. The summed E-state index contributed by atoms with van der Waals surface area (Å²) in [6.07, 6.45) is 0. The molecule has 0 bridgehead atoms. The van der Waals surface area contributed by atoms with Crippen LogP contribution in [-0.4, -0.2) is 30.0 Å². The van der Waals surface area contributed by atoms with E-state index in [1.807, 2.05) is 0 Å². The average molecular weight is 243 g/mol. The zero-order valence-electron chi connectivity index (χ0n) is 9.02. The molecule has 0 spiro atoms. The van der Waals surface area contributed by atoms with Crippen LogP contribution in [0.2, 0.25) is 0 Å². The predicted octanol–water partition coefficient (Wildman–Crippen LogP) is -0.107. The van der Waals surface area contributed by atoms with Crippen LogP contribution in [0.5, 0.6) is 0 Å². The maximum absolute atomic E-state index is 11.6. The first kappa shape index (κ1) is 12.6. The van der Waals surface area contributed by atoms with Gasteiger partial charge in [0.25, 0.3) is 5.91 Å². The Balaban J connectivity index is 2.61. The summed E-state index contributed by atoms with van der Waals surface area (Å²) in [5, 5.41) is 4.75. The Kier molecular flexibility index (Phi) is 4.39. The van der Waals surface area contributed by atoms with Crippen LogP contribution in [0.3, 0.4) is 0 Å². The molecule has 0 fully saturated rings. The van der Waals surface area contributed by atoms with Gasteiger partial charge in [0.05, 0.1) is 7.11 Å². The highest BCUT2D eigenvalue weighted by molar-refractivity contribution is 7.09. The molecule has 88 valence electrons. The number of hydrogen-bond donors (Lipinski definition) is 2. The number of rotatable bonds is 4. The summed E-state index contributed by atoms with van der Waals surface area (Å²) in [6, 6.07) is -0.694. The lowest BCUT2D eigenvalue weighted by Gasteiger charge is -2.09. The van der Waals surface area contributed by atoms with E-state index in [1.165, 1.54) is 18.4 Å².